The Kier molecular flexibility index (Phi) is 8.30. The third kappa shape index (κ3) is 5.27. The Morgan fingerprint density at radius 3 is 1.51 bits per heavy atom. The van der Waals surface area contributed by atoms with E-state index in [9.17, 15) is 57.1 Å². The number of nitrogens with zero attached hydrogens (tertiary/aromatic N) is 5. The van der Waals surface area contributed by atoms with Gasteiger partial charge in [-0.15, -0.1) is 0 Å². The van der Waals surface area contributed by atoms with Crippen LogP contribution in [0.25, 0.3) is 27.4 Å². The number of hydrogen-bond donors (Lipinski definition) is 0. The van der Waals surface area contributed by atoms with Gasteiger partial charge in [-0.25, -0.2) is 48.3 Å². The second-order valence-corrected chi connectivity index (χ2v) is 11.3. The lowest BCUT2D eigenvalue weighted by atomic mass is 9.83. The van der Waals surface area contributed by atoms with E-state index in [0.717, 1.165) is 0 Å². The Labute approximate surface area is 279 Å². The lowest BCUT2D eigenvalue weighted by Crippen LogP contribution is -2.54. The van der Waals surface area contributed by atoms with Gasteiger partial charge in [0, 0.05) is 19.0 Å². The third-order valence-corrected chi connectivity index (χ3v) is 8.10. The molecule has 2 aromatic heterocycles. The van der Waals surface area contributed by atoms with Crippen LogP contribution in [-0.2, 0) is 12.1 Å². The van der Waals surface area contributed by atoms with Crippen molar-refractivity contribution in [1.29, 1.82) is 0 Å². The number of anilines is 1. The molecule has 0 amide bonds. The summed E-state index contributed by atoms with van der Waals surface area (Å²) in [5.74, 6) is -34.6. The highest BCUT2D eigenvalue weighted by molar-refractivity contribution is 6.62. The van der Waals surface area contributed by atoms with Gasteiger partial charge >= 0.3 is 19.5 Å². The first-order valence-corrected chi connectivity index (χ1v) is 13.9. The molecule has 0 aliphatic carbocycles. The molecule has 1 aliphatic heterocycles. The van der Waals surface area contributed by atoms with Gasteiger partial charge in [-0.05, 0) is 6.92 Å². The van der Waals surface area contributed by atoms with E-state index >= 15 is 26.3 Å². The Bertz CT molecular complexity index is 2320. The molecule has 282 valence electrons. The normalized spacial score (nSPS) is 14.1. The van der Waals surface area contributed by atoms with Crippen LogP contribution in [0, 0.1) is 70.9 Å². The first-order valence-electron chi connectivity index (χ1n) is 13.9. The molecule has 0 fully saturated rings. The Morgan fingerprint density at radius 2 is 1.00 bits per heavy atom. The van der Waals surface area contributed by atoms with Gasteiger partial charge in [0.15, 0.2) is 63.9 Å². The summed E-state index contributed by atoms with van der Waals surface area (Å²) < 4.78 is 279. The van der Waals surface area contributed by atoms with E-state index in [1.54, 1.807) is 0 Å². The van der Waals surface area contributed by atoms with Crippen molar-refractivity contribution in [2.45, 2.75) is 32.1 Å². The molecule has 25 heteroatoms. The molecule has 0 saturated heterocycles. The topological polar surface area (TPSA) is 38.9 Å². The summed E-state index contributed by atoms with van der Waals surface area (Å²) in [6.45, 7) is -1.59. The summed E-state index contributed by atoms with van der Waals surface area (Å²) in [7, 11) is -3.54. The zero-order chi connectivity index (χ0) is 39.8. The summed E-state index contributed by atoms with van der Waals surface area (Å²) >= 11 is 0. The van der Waals surface area contributed by atoms with Crippen molar-refractivity contribution in [3.63, 3.8) is 0 Å². The molecule has 3 aromatic carbocycles. The van der Waals surface area contributed by atoms with Gasteiger partial charge < -0.3 is 4.81 Å². The molecule has 6 rings (SSSR count). The third-order valence-electron chi connectivity index (χ3n) is 8.10. The van der Waals surface area contributed by atoms with Crippen LogP contribution in [0.4, 0.5) is 89.1 Å². The van der Waals surface area contributed by atoms with E-state index in [0.29, 0.717) is 6.92 Å². The van der Waals surface area contributed by atoms with Crippen molar-refractivity contribution in [3.8, 4) is 0 Å². The van der Waals surface area contributed by atoms with Gasteiger partial charge in [-0.3, -0.25) is 9.19 Å². The molecule has 0 atom stereocenters. The molecule has 0 N–H and O–H groups in total. The molecule has 5 nitrogen and oxygen atoms in total. The van der Waals surface area contributed by atoms with E-state index in [2.05, 4.69) is 10.2 Å². The Hall–Kier alpha value is -5.13. The zero-order valence-corrected chi connectivity index (χ0v) is 25.3. The fourth-order valence-electron chi connectivity index (χ4n) is 5.86. The molecule has 0 radical (unpaired) electrons. The number of fused-ring (bicyclic) bond motifs is 3. The minimum Gasteiger partial charge on any atom is -0.367 e. The van der Waals surface area contributed by atoms with Gasteiger partial charge in [0.25, 0.3) is 5.92 Å². The van der Waals surface area contributed by atoms with E-state index in [1.807, 2.05) is 0 Å². The fourth-order valence-corrected chi connectivity index (χ4v) is 5.86. The molecule has 0 saturated carbocycles. The molecule has 1 aliphatic rings. The van der Waals surface area contributed by atoms with Crippen LogP contribution in [-0.4, -0.2) is 39.2 Å². The molecule has 0 unspecified atom stereocenters. The fraction of sp³-hybridized carbons (Fsp3) is 0.214. The number of benzene rings is 3. The summed E-state index contributed by atoms with van der Waals surface area (Å²) in [5.41, 5.74) is -17.3. The second-order valence-electron chi connectivity index (χ2n) is 11.3. The van der Waals surface area contributed by atoms with Gasteiger partial charge in [0.05, 0.1) is 27.6 Å². The second kappa shape index (κ2) is 11.7. The highest BCUT2D eigenvalue weighted by Crippen LogP contribution is 2.47. The quantitative estimate of drug-likeness (QED) is 0.0790. The van der Waals surface area contributed by atoms with Crippen LogP contribution >= 0.6 is 0 Å². The molecule has 0 spiro atoms. The molecule has 0 bridgehead atoms. The van der Waals surface area contributed by atoms with E-state index in [4.69, 9.17) is 0 Å². The first kappa shape index (κ1) is 37.6. The smallest absolute Gasteiger partial charge is 0.367 e. The molecule has 53 heavy (non-hydrogen) atoms. The zero-order valence-electron chi connectivity index (χ0n) is 25.3. The summed E-state index contributed by atoms with van der Waals surface area (Å²) in [4.78, 5) is -0.407. The van der Waals surface area contributed by atoms with E-state index < -0.39 is 166 Å². The largest absolute Gasteiger partial charge is 0.549 e. The lowest BCUT2D eigenvalue weighted by Gasteiger charge is -2.36. The highest BCUT2D eigenvalue weighted by Gasteiger charge is 2.51. The van der Waals surface area contributed by atoms with Crippen molar-refractivity contribution < 1.29 is 83.4 Å². The predicted octanol–water partition coefficient (Wildman–Crippen LogP) is 9.20. The van der Waals surface area contributed by atoms with Crippen molar-refractivity contribution in [2.75, 3.05) is 11.4 Å². The lowest BCUT2D eigenvalue weighted by molar-refractivity contribution is -0.140. The maximum absolute atomic E-state index is 15.7. The van der Waals surface area contributed by atoms with Crippen LogP contribution in [0.15, 0.2) is 6.08 Å². The van der Waals surface area contributed by atoms with Gasteiger partial charge in [0.2, 0.25) is 0 Å². The van der Waals surface area contributed by atoms with Crippen molar-refractivity contribution in [3.05, 3.63) is 92.6 Å². The monoisotopic (exact) mass is 787 g/mol. The van der Waals surface area contributed by atoms with Crippen LogP contribution in [0.1, 0.15) is 29.4 Å². The van der Waals surface area contributed by atoms with Crippen LogP contribution < -0.4 is 4.81 Å². The van der Waals surface area contributed by atoms with Crippen LogP contribution in [0.3, 0.4) is 0 Å². The maximum atomic E-state index is 15.7. The Balaban J connectivity index is 1.91. The molecular weight excluding hydrogens is 778 g/mol. The van der Waals surface area contributed by atoms with Crippen molar-refractivity contribution >= 4 is 40.2 Å². The van der Waals surface area contributed by atoms with Crippen molar-refractivity contribution in [1.82, 2.24) is 19.4 Å². The number of alkyl halides is 8. The number of hydrogen-bond acceptors (Lipinski definition) is 3. The first-order chi connectivity index (χ1) is 24.2. The Morgan fingerprint density at radius 1 is 0.547 bits per heavy atom. The maximum Gasteiger partial charge on any atom is 0.549 e. The number of rotatable bonds is 4. The summed E-state index contributed by atoms with van der Waals surface area (Å²) in [6.07, 6.45) is -12.0. The minimum absolute atomic E-state index is 0.160. The highest BCUT2D eigenvalue weighted by atomic mass is 19.4. The van der Waals surface area contributed by atoms with E-state index in [1.165, 1.54) is 0 Å². The van der Waals surface area contributed by atoms with Gasteiger partial charge in [0.1, 0.15) is 22.5 Å². The van der Waals surface area contributed by atoms with Crippen molar-refractivity contribution in [2.24, 2.45) is 0 Å². The standard InChI is InChI=1S/C28H9BF19N5/c1-5-10(30)8-22(18(38)11(5)31)53(50-25(8)28(46,47)48)29(52-23-9(24(49-52)26(2,41)42)13(33)15(35)17(37)20(23)40)51-4-3-6(27(43,44)45)7-12(32)14(34)16(36)19(39)21(7)51/h3H,4H2,1-2H3. The van der Waals surface area contributed by atoms with Gasteiger partial charge in [-0.2, -0.15) is 45.3 Å². The van der Waals surface area contributed by atoms with Crippen LogP contribution in [0.5, 0.6) is 0 Å². The molecule has 5 aromatic rings. The van der Waals surface area contributed by atoms with Gasteiger partial charge in [-0.1, -0.05) is 6.08 Å². The average Bonchev–Trinajstić information content (AvgIpc) is 3.66. The van der Waals surface area contributed by atoms with E-state index in [-0.39, 0.29) is 13.0 Å². The number of halogens is 19. The van der Waals surface area contributed by atoms with Crippen LogP contribution in [0.2, 0.25) is 0 Å². The average molecular weight is 787 g/mol. The number of aromatic nitrogens is 4. The SMILES string of the molecule is Cc1c(F)c(F)c2c(c(C(F)(F)F)nn2B(N2CC=C(C(F)(F)F)c3c(F)c(F)c(F)c(F)c32)n2nc(C(C)(F)F)c3c(F)c(F)c(F)c(F)c32)c1F. The predicted molar refractivity (Wildman–Crippen MR) is 143 cm³/mol. The minimum atomic E-state index is -5.96. The number of allylic oxidation sites excluding steroid dienone is 1. The molecule has 3 heterocycles. The summed E-state index contributed by atoms with van der Waals surface area (Å²) in [5, 5.41) is 1.79. The molecular formula is C28H9BF19N5. The summed E-state index contributed by atoms with van der Waals surface area (Å²) in [6, 6.07) is 0.